The van der Waals surface area contributed by atoms with Crippen molar-refractivity contribution in [1.82, 2.24) is 4.90 Å². The molecule has 0 aromatic heterocycles. The molecule has 0 aliphatic rings. The van der Waals surface area contributed by atoms with Gasteiger partial charge in [0.25, 0.3) is 0 Å². The first-order chi connectivity index (χ1) is 14.6. The molecule has 0 spiro atoms. The average Bonchev–Trinajstić information content (AvgIpc) is 2.77. The molecular weight excluding hydrogens is 377 g/mol. The molecule has 0 aliphatic heterocycles. The van der Waals surface area contributed by atoms with E-state index in [9.17, 15) is 9.18 Å². The number of benzene rings is 3. The van der Waals surface area contributed by atoms with E-state index < -0.39 is 0 Å². The quantitative estimate of drug-likeness (QED) is 0.404. The second-order valence-corrected chi connectivity index (χ2v) is 7.32. The lowest BCUT2D eigenvalue weighted by Crippen LogP contribution is -2.33. The molecular formula is C26H28FNO2. The molecule has 0 aliphatic carbocycles. The van der Waals surface area contributed by atoms with E-state index in [0.717, 1.165) is 16.7 Å². The number of rotatable bonds is 9. The highest BCUT2D eigenvalue weighted by atomic mass is 19.1. The van der Waals surface area contributed by atoms with Crippen LogP contribution in [-0.4, -0.2) is 17.5 Å². The number of carbonyl (C=O) groups excluding carboxylic acids is 1. The summed E-state index contributed by atoms with van der Waals surface area (Å²) in [5, 5.41) is 0. The molecule has 4 heteroatoms. The largest absolute Gasteiger partial charge is 0.466 e. The number of carbonyl (C=O) groups is 1. The molecule has 0 saturated carbocycles. The van der Waals surface area contributed by atoms with Crippen molar-refractivity contribution in [2.24, 2.45) is 0 Å². The normalized spacial score (nSPS) is 13.1. The van der Waals surface area contributed by atoms with E-state index in [1.165, 1.54) is 12.1 Å². The van der Waals surface area contributed by atoms with Crippen LogP contribution in [-0.2, 0) is 16.1 Å². The van der Waals surface area contributed by atoms with Gasteiger partial charge in [0.15, 0.2) is 0 Å². The van der Waals surface area contributed by atoms with Crippen molar-refractivity contribution in [3.05, 3.63) is 107 Å². The fraction of sp³-hybridized carbons (Fsp3) is 0.269. The van der Waals surface area contributed by atoms with Crippen LogP contribution in [0, 0.1) is 5.82 Å². The Morgan fingerprint density at radius 3 is 2.20 bits per heavy atom. The summed E-state index contributed by atoms with van der Waals surface area (Å²) in [6.07, 6.45) is 0.154. The van der Waals surface area contributed by atoms with E-state index in [-0.39, 0.29) is 30.3 Å². The lowest BCUT2D eigenvalue weighted by Gasteiger charge is -2.37. The van der Waals surface area contributed by atoms with Crippen molar-refractivity contribution < 1.29 is 13.9 Å². The SMILES string of the molecule is CCOC(=O)C[C@@H](c1cccc(F)c1)N(Cc1ccccc1)[C@H](C)c1ccccc1. The summed E-state index contributed by atoms with van der Waals surface area (Å²) in [4.78, 5) is 14.7. The second-order valence-electron chi connectivity index (χ2n) is 7.32. The molecule has 0 saturated heterocycles. The summed E-state index contributed by atoms with van der Waals surface area (Å²) in [7, 11) is 0. The molecule has 0 radical (unpaired) electrons. The van der Waals surface area contributed by atoms with Crippen LogP contribution < -0.4 is 0 Å². The van der Waals surface area contributed by atoms with Crippen molar-refractivity contribution in [3.8, 4) is 0 Å². The van der Waals surface area contributed by atoms with Gasteiger partial charge in [0.05, 0.1) is 13.0 Å². The zero-order chi connectivity index (χ0) is 21.3. The van der Waals surface area contributed by atoms with Crippen molar-refractivity contribution in [3.63, 3.8) is 0 Å². The van der Waals surface area contributed by atoms with Gasteiger partial charge in [0, 0.05) is 18.6 Å². The van der Waals surface area contributed by atoms with Gasteiger partial charge >= 0.3 is 5.97 Å². The van der Waals surface area contributed by atoms with Gasteiger partial charge in [-0.1, -0.05) is 72.8 Å². The molecule has 3 nitrogen and oxygen atoms in total. The van der Waals surface area contributed by atoms with E-state index in [4.69, 9.17) is 4.74 Å². The van der Waals surface area contributed by atoms with Crippen molar-refractivity contribution >= 4 is 5.97 Å². The Labute approximate surface area is 178 Å². The van der Waals surface area contributed by atoms with E-state index in [0.29, 0.717) is 13.2 Å². The standard InChI is InChI=1S/C26H28FNO2/c1-3-30-26(29)18-25(23-15-10-16-24(27)17-23)28(19-21-11-6-4-7-12-21)20(2)22-13-8-5-9-14-22/h4-17,20,25H,3,18-19H2,1-2H3/t20-,25+/m1/s1. The maximum atomic E-state index is 14.1. The molecule has 0 amide bonds. The van der Waals surface area contributed by atoms with E-state index in [1.54, 1.807) is 13.0 Å². The smallest absolute Gasteiger partial charge is 0.307 e. The second kappa shape index (κ2) is 10.7. The number of hydrogen-bond acceptors (Lipinski definition) is 3. The van der Waals surface area contributed by atoms with Gasteiger partial charge in [0.2, 0.25) is 0 Å². The third-order valence-corrected chi connectivity index (χ3v) is 5.29. The number of hydrogen-bond donors (Lipinski definition) is 0. The van der Waals surface area contributed by atoms with Crippen molar-refractivity contribution in [2.45, 2.75) is 38.9 Å². The van der Waals surface area contributed by atoms with Crippen LogP contribution in [0.4, 0.5) is 4.39 Å². The van der Waals surface area contributed by atoms with Crippen LogP contribution in [0.25, 0.3) is 0 Å². The zero-order valence-corrected chi connectivity index (χ0v) is 17.5. The molecule has 0 unspecified atom stereocenters. The third kappa shape index (κ3) is 5.77. The summed E-state index contributed by atoms with van der Waals surface area (Å²) in [5.74, 6) is -0.599. The van der Waals surface area contributed by atoms with Gasteiger partial charge in [-0.25, -0.2) is 4.39 Å². The van der Waals surface area contributed by atoms with Gasteiger partial charge < -0.3 is 4.74 Å². The highest BCUT2D eigenvalue weighted by Crippen LogP contribution is 2.35. The fourth-order valence-corrected chi connectivity index (χ4v) is 3.75. The van der Waals surface area contributed by atoms with Crippen LogP contribution in [0.1, 0.15) is 49.0 Å². The van der Waals surface area contributed by atoms with Crippen LogP contribution in [0.5, 0.6) is 0 Å². The Balaban J connectivity index is 2.03. The number of halogens is 1. The van der Waals surface area contributed by atoms with E-state index in [1.807, 2.05) is 42.5 Å². The molecule has 0 fully saturated rings. The Kier molecular flexibility index (Phi) is 7.75. The maximum absolute atomic E-state index is 14.1. The molecule has 2 atom stereocenters. The third-order valence-electron chi connectivity index (χ3n) is 5.29. The summed E-state index contributed by atoms with van der Waals surface area (Å²) >= 11 is 0. The Hall–Kier alpha value is -2.98. The predicted octanol–water partition coefficient (Wildman–Crippen LogP) is 6.08. The van der Waals surface area contributed by atoms with Crippen molar-refractivity contribution in [2.75, 3.05) is 6.61 Å². The van der Waals surface area contributed by atoms with Gasteiger partial charge in [-0.3, -0.25) is 9.69 Å². The highest BCUT2D eigenvalue weighted by molar-refractivity contribution is 5.70. The number of esters is 1. The zero-order valence-electron chi connectivity index (χ0n) is 17.5. The van der Waals surface area contributed by atoms with Crippen LogP contribution >= 0.6 is 0 Å². The molecule has 3 aromatic carbocycles. The first-order valence-corrected chi connectivity index (χ1v) is 10.3. The van der Waals surface area contributed by atoms with Gasteiger partial charge in [-0.05, 0) is 42.7 Å². The van der Waals surface area contributed by atoms with Crippen LogP contribution in [0.3, 0.4) is 0 Å². The minimum absolute atomic E-state index is 0.00843. The molecule has 0 heterocycles. The topological polar surface area (TPSA) is 29.5 Å². The highest BCUT2D eigenvalue weighted by Gasteiger charge is 2.29. The molecule has 156 valence electrons. The first-order valence-electron chi connectivity index (χ1n) is 10.3. The number of ether oxygens (including phenoxy) is 1. The van der Waals surface area contributed by atoms with Gasteiger partial charge in [0.1, 0.15) is 5.82 Å². The summed E-state index contributed by atoms with van der Waals surface area (Å²) in [5.41, 5.74) is 3.03. The predicted molar refractivity (Wildman–Crippen MR) is 117 cm³/mol. The maximum Gasteiger partial charge on any atom is 0.307 e. The lowest BCUT2D eigenvalue weighted by molar-refractivity contribution is -0.145. The van der Waals surface area contributed by atoms with E-state index >= 15 is 0 Å². The average molecular weight is 406 g/mol. The first kappa shape index (κ1) is 21.7. The lowest BCUT2D eigenvalue weighted by atomic mass is 9.96. The molecule has 30 heavy (non-hydrogen) atoms. The fourth-order valence-electron chi connectivity index (χ4n) is 3.75. The minimum Gasteiger partial charge on any atom is -0.466 e. The summed E-state index contributed by atoms with van der Waals surface area (Å²) in [6, 6.07) is 26.5. The Morgan fingerprint density at radius 1 is 0.933 bits per heavy atom. The Bertz CT molecular complexity index is 930. The number of nitrogens with zero attached hydrogens (tertiary/aromatic N) is 1. The van der Waals surface area contributed by atoms with Crippen LogP contribution in [0.2, 0.25) is 0 Å². The summed E-state index contributed by atoms with van der Waals surface area (Å²) in [6.45, 7) is 4.86. The Morgan fingerprint density at radius 2 is 1.57 bits per heavy atom. The molecule has 3 rings (SSSR count). The molecule has 3 aromatic rings. The minimum atomic E-state index is -0.324. The molecule has 0 N–H and O–H groups in total. The van der Waals surface area contributed by atoms with Gasteiger partial charge in [-0.2, -0.15) is 0 Å². The van der Waals surface area contributed by atoms with E-state index in [2.05, 4.69) is 36.1 Å². The summed E-state index contributed by atoms with van der Waals surface area (Å²) < 4.78 is 19.3. The van der Waals surface area contributed by atoms with Crippen molar-refractivity contribution in [1.29, 1.82) is 0 Å². The molecule has 0 bridgehead atoms. The van der Waals surface area contributed by atoms with Gasteiger partial charge in [-0.15, -0.1) is 0 Å². The monoisotopic (exact) mass is 405 g/mol. The van der Waals surface area contributed by atoms with Crippen LogP contribution in [0.15, 0.2) is 84.9 Å².